The van der Waals surface area contributed by atoms with Crippen LogP contribution in [0.1, 0.15) is 26.3 Å². The van der Waals surface area contributed by atoms with E-state index in [1.807, 2.05) is 39.8 Å². The number of carbonyl (C=O) groups excluding carboxylic acids is 1. The quantitative estimate of drug-likeness (QED) is 0.899. The van der Waals surface area contributed by atoms with Gasteiger partial charge in [0.1, 0.15) is 0 Å². The van der Waals surface area contributed by atoms with Crippen LogP contribution in [0.2, 0.25) is 0 Å². The highest BCUT2D eigenvalue weighted by Gasteiger charge is 2.17. The Morgan fingerprint density at radius 1 is 1.15 bits per heavy atom. The van der Waals surface area contributed by atoms with E-state index in [2.05, 4.69) is 5.32 Å². The van der Waals surface area contributed by atoms with Crippen LogP contribution in [-0.4, -0.2) is 32.3 Å². The Morgan fingerprint density at radius 3 is 2.05 bits per heavy atom. The molecule has 0 aromatic heterocycles. The third kappa shape index (κ3) is 4.64. The second-order valence-corrected chi connectivity index (χ2v) is 5.59. The van der Waals surface area contributed by atoms with Crippen LogP contribution < -0.4 is 19.5 Å². The Hall–Kier alpha value is -1.91. The van der Waals surface area contributed by atoms with Gasteiger partial charge in [-0.05, 0) is 45.4 Å². The normalized spacial score (nSPS) is 10.9. The summed E-state index contributed by atoms with van der Waals surface area (Å²) in [7, 11) is 3.10. The van der Waals surface area contributed by atoms with Crippen LogP contribution in [0.25, 0.3) is 0 Å². The Balaban J connectivity index is 2.84. The van der Waals surface area contributed by atoms with Gasteiger partial charge in [0.2, 0.25) is 5.75 Å². The van der Waals surface area contributed by atoms with Gasteiger partial charge in [-0.15, -0.1) is 0 Å². The lowest BCUT2D eigenvalue weighted by atomic mass is 10.1. The molecule has 0 radical (unpaired) electrons. The molecule has 0 bridgehead atoms. The van der Waals surface area contributed by atoms with Crippen molar-refractivity contribution in [1.82, 2.24) is 5.32 Å². The lowest BCUT2D eigenvalue weighted by Crippen LogP contribution is -2.43. The molecule has 0 fully saturated rings. The molecule has 5 heteroatoms. The molecule has 1 N–H and O–H groups in total. The van der Waals surface area contributed by atoms with E-state index in [4.69, 9.17) is 14.2 Å². The first-order valence-electron chi connectivity index (χ1n) is 6.43. The molecule has 1 aromatic carbocycles. The minimum Gasteiger partial charge on any atom is -0.493 e. The predicted octanol–water partition coefficient (Wildman–Crippen LogP) is 2.31. The minimum atomic E-state index is -0.290. The monoisotopic (exact) mass is 281 g/mol. The molecule has 20 heavy (non-hydrogen) atoms. The van der Waals surface area contributed by atoms with E-state index in [1.165, 1.54) is 0 Å². The third-order valence-corrected chi connectivity index (χ3v) is 2.47. The first-order valence-corrected chi connectivity index (χ1v) is 6.43. The predicted molar refractivity (Wildman–Crippen MR) is 77.7 cm³/mol. The van der Waals surface area contributed by atoms with E-state index < -0.39 is 0 Å². The van der Waals surface area contributed by atoms with Crippen molar-refractivity contribution in [3.05, 3.63) is 17.7 Å². The number of benzene rings is 1. The van der Waals surface area contributed by atoms with Crippen molar-refractivity contribution in [2.75, 3.05) is 20.8 Å². The zero-order valence-electron chi connectivity index (χ0n) is 13.0. The fourth-order valence-electron chi connectivity index (χ4n) is 1.75. The number of hydrogen-bond donors (Lipinski definition) is 1. The first kappa shape index (κ1) is 16.1. The number of ether oxygens (including phenoxy) is 3. The molecule has 0 unspecified atom stereocenters. The van der Waals surface area contributed by atoms with Gasteiger partial charge < -0.3 is 19.5 Å². The summed E-state index contributed by atoms with van der Waals surface area (Å²) in [4.78, 5) is 11.8. The number of nitrogens with one attached hydrogen (secondary N) is 1. The molecule has 0 saturated carbocycles. The summed E-state index contributed by atoms with van der Waals surface area (Å²) in [5.41, 5.74) is 0.701. The number of amides is 1. The fourth-order valence-corrected chi connectivity index (χ4v) is 1.75. The zero-order valence-corrected chi connectivity index (χ0v) is 13.0. The molecule has 1 aromatic rings. The maximum absolute atomic E-state index is 11.8. The molecule has 0 saturated heterocycles. The molecule has 0 aliphatic rings. The molecule has 0 aliphatic carbocycles. The Kier molecular flexibility index (Phi) is 5.25. The topological polar surface area (TPSA) is 56.8 Å². The number of aryl methyl sites for hydroxylation is 1. The molecule has 5 nitrogen and oxygen atoms in total. The van der Waals surface area contributed by atoms with Gasteiger partial charge in [-0.25, -0.2) is 0 Å². The molecule has 1 amide bonds. The number of hydrogen-bond acceptors (Lipinski definition) is 4. The van der Waals surface area contributed by atoms with Crippen LogP contribution in [0.3, 0.4) is 0 Å². The molecule has 0 heterocycles. The van der Waals surface area contributed by atoms with Crippen LogP contribution in [-0.2, 0) is 4.79 Å². The highest BCUT2D eigenvalue weighted by molar-refractivity contribution is 5.78. The van der Waals surface area contributed by atoms with Gasteiger partial charge >= 0.3 is 0 Å². The summed E-state index contributed by atoms with van der Waals surface area (Å²) >= 11 is 0. The first-order chi connectivity index (χ1) is 9.26. The van der Waals surface area contributed by atoms with Crippen LogP contribution in [0.5, 0.6) is 17.2 Å². The molecule has 1 rings (SSSR count). The maximum Gasteiger partial charge on any atom is 0.258 e. The Labute approximate surface area is 120 Å². The van der Waals surface area contributed by atoms with E-state index in [0.717, 1.165) is 5.56 Å². The smallest absolute Gasteiger partial charge is 0.258 e. The van der Waals surface area contributed by atoms with E-state index in [0.29, 0.717) is 17.2 Å². The van der Waals surface area contributed by atoms with Crippen molar-refractivity contribution in [2.45, 2.75) is 33.2 Å². The fraction of sp³-hybridized carbons (Fsp3) is 0.533. The summed E-state index contributed by atoms with van der Waals surface area (Å²) < 4.78 is 16.1. The highest BCUT2D eigenvalue weighted by Crippen LogP contribution is 2.38. The second kappa shape index (κ2) is 6.50. The molecule has 0 spiro atoms. The lowest BCUT2D eigenvalue weighted by Gasteiger charge is -2.21. The largest absolute Gasteiger partial charge is 0.493 e. The lowest BCUT2D eigenvalue weighted by molar-refractivity contribution is -0.124. The summed E-state index contributed by atoms with van der Waals surface area (Å²) in [6.45, 7) is 7.59. The van der Waals surface area contributed by atoms with Crippen LogP contribution in [0.4, 0.5) is 0 Å². The van der Waals surface area contributed by atoms with Crippen molar-refractivity contribution < 1.29 is 19.0 Å². The summed E-state index contributed by atoms with van der Waals surface area (Å²) in [5, 5.41) is 2.83. The van der Waals surface area contributed by atoms with Crippen molar-refractivity contribution in [3.8, 4) is 17.2 Å². The van der Waals surface area contributed by atoms with Gasteiger partial charge in [-0.2, -0.15) is 0 Å². The van der Waals surface area contributed by atoms with Gasteiger partial charge in [0, 0.05) is 5.54 Å². The van der Waals surface area contributed by atoms with E-state index >= 15 is 0 Å². The standard InChI is InChI=1S/C15H23NO4/c1-10-7-11(18-5)14(12(8-10)19-6)20-9-13(17)16-15(2,3)4/h7-8H,9H2,1-6H3,(H,16,17). The zero-order chi connectivity index (χ0) is 15.3. The van der Waals surface area contributed by atoms with Crippen molar-refractivity contribution in [2.24, 2.45) is 0 Å². The molecular formula is C15H23NO4. The van der Waals surface area contributed by atoms with E-state index in [9.17, 15) is 4.79 Å². The third-order valence-electron chi connectivity index (χ3n) is 2.47. The van der Waals surface area contributed by atoms with Crippen molar-refractivity contribution in [1.29, 1.82) is 0 Å². The van der Waals surface area contributed by atoms with Gasteiger partial charge in [0.25, 0.3) is 5.91 Å². The van der Waals surface area contributed by atoms with Crippen LogP contribution >= 0.6 is 0 Å². The van der Waals surface area contributed by atoms with Gasteiger partial charge in [-0.1, -0.05) is 0 Å². The van der Waals surface area contributed by atoms with Crippen LogP contribution in [0, 0.1) is 6.92 Å². The van der Waals surface area contributed by atoms with E-state index in [-0.39, 0.29) is 18.1 Å². The maximum atomic E-state index is 11.8. The molecule has 112 valence electrons. The number of methoxy groups -OCH3 is 2. The minimum absolute atomic E-state index is 0.0902. The molecule has 0 aliphatic heterocycles. The van der Waals surface area contributed by atoms with Gasteiger partial charge in [0.15, 0.2) is 18.1 Å². The molecular weight excluding hydrogens is 258 g/mol. The number of rotatable bonds is 5. The second-order valence-electron chi connectivity index (χ2n) is 5.59. The summed E-state index contributed by atoms with van der Waals surface area (Å²) in [6, 6.07) is 3.67. The summed E-state index contributed by atoms with van der Waals surface area (Å²) in [5.74, 6) is 1.34. The molecule has 0 atom stereocenters. The van der Waals surface area contributed by atoms with Crippen molar-refractivity contribution in [3.63, 3.8) is 0 Å². The van der Waals surface area contributed by atoms with Gasteiger partial charge in [0.05, 0.1) is 14.2 Å². The number of carbonyl (C=O) groups is 1. The average molecular weight is 281 g/mol. The van der Waals surface area contributed by atoms with Crippen molar-refractivity contribution >= 4 is 5.91 Å². The Bertz CT molecular complexity index is 452. The SMILES string of the molecule is COc1cc(C)cc(OC)c1OCC(=O)NC(C)(C)C. The van der Waals surface area contributed by atoms with Crippen LogP contribution in [0.15, 0.2) is 12.1 Å². The average Bonchev–Trinajstić information content (AvgIpc) is 2.33. The highest BCUT2D eigenvalue weighted by atomic mass is 16.5. The summed E-state index contributed by atoms with van der Waals surface area (Å²) in [6.07, 6.45) is 0. The Morgan fingerprint density at radius 2 is 1.65 bits per heavy atom. The van der Waals surface area contributed by atoms with E-state index in [1.54, 1.807) is 14.2 Å². The van der Waals surface area contributed by atoms with Gasteiger partial charge in [-0.3, -0.25) is 4.79 Å².